The summed E-state index contributed by atoms with van der Waals surface area (Å²) in [5, 5.41) is 12.9. The van der Waals surface area contributed by atoms with Crippen LogP contribution in [-0.4, -0.2) is 43.6 Å². The third kappa shape index (κ3) is 6.40. The largest absolute Gasteiger partial charge is 0.573 e. The van der Waals surface area contributed by atoms with Crippen molar-refractivity contribution in [3.05, 3.63) is 70.3 Å². The van der Waals surface area contributed by atoms with Crippen molar-refractivity contribution in [1.82, 2.24) is 19.5 Å². The molecule has 1 aliphatic carbocycles. The van der Waals surface area contributed by atoms with Gasteiger partial charge < -0.3 is 25.9 Å². The summed E-state index contributed by atoms with van der Waals surface area (Å²) in [6.45, 7) is 0.714. The van der Waals surface area contributed by atoms with Crippen LogP contribution >= 0.6 is 0 Å². The highest BCUT2D eigenvalue weighted by Crippen LogP contribution is 2.32. The molecular weight excluding hydrogens is 513 g/mol. The SMILES string of the molecule is NCc1cccc(-c2ccc(OC(F)(F)F)c(Cn3c(=O)[nH]c4cnc(NCC5CCC(O)CC5)nc43)c2)c1. The number of hydrogen-bond donors (Lipinski definition) is 4. The number of halogens is 3. The number of anilines is 1. The molecule has 206 valence electrons. The van der Waals surface area contributed by atoms with Gasteiger partial charge in [0.25, 0.3) is 0 Å². The summed E-state index contributed by atoms with van der Waals surface area (Å²) in [7, 11) is 0. The van der Waals surface area contributed by atoms with E-state index in [9.17, 15) is 23.1 Å². The minimum atomic E-state index is -4.91. The van der Waals surface area contributed by atoms with E-state index >= 15 is 0 Å². The topological polar surface area (TPSA) is 131 Å². The van der Waals surface area contributed by atoms with Gasteiger partial charge in [0.05, 0.1) is 18.8 Å². The molecule has 5 N–H and O–H groups in total. The number of imidazole rings is 1. The number of H-pyrrole nitrogens is 1. The number of aromatic nitrogens is 4. The lowest BCUT2D eigenvalue weighted by Gasteiger charge is -2.25. The second-order valence-electron chi connectivity index (χ2n) is 9.78. The predicted octanol–water partition coefficient (Wildman–Crippen LogP) is 4.16. The molecule has 4 aromatic rings. The number of aliphatic hydroxyl groups is 1. The molecule has 1 fully saturated rings. The first-order chi connectivity index (χ1) is 18.7. The first-order valence-electron chi connectivity index (χ1n) is 12.7. The molecule has 0 radical (unpaired) electrons. The molecular formula is C27H29F3N6O3. The third-order valence-corrected chi connectivity index (χ3v) is 6.99. The van der Waals surface area contributed by atoms with Crippen molar-refractivity contribution in [3.63, 3.8) is 0 Å². The molecule has 2 heterocycles. The monoisotopic (exact) mass is 542 g/mol. The normalized spacial score (nSPS) is 17.9. The fourth-order valence-corrected chi connectivity index (χ4v) is 4.92. The van der Waals surface area contributed by atoms with Gasteiger partial charge in [-0.15, -0.1) is 13.2 Å². The Labute approximate surface area is 221 Å². The Balaban J connectivity index is 1.46. The fraction of sp³-hybridized carbons (Fsp3) is 0.370. The summed E-state index contributed by atoms with van der Waals surface area (Å²) in [5.41, 5.74) is 8.27. The molecule has 1 aliphatic rings. The van der Waals surface area contributed by atoms with E-state index in [1.165, 1.54) is 22.9 Å². The quantitative estimate of drug-likeness (QED) is 0.263. The van der Waals surface area contributed by atoms with Gasteiger partial charge in [0.2, 0.25) is 5.95 Å². The van der Waals surface area contributed by atoms with E-state index in [-0.39, 0.29) is 23.9 Å². The lowest BCUT2D eigenvalue weighted by Crippen LogP contribution is -2.24. The molecule has 5 rings (SSSR count). The predicted molar refractivity (Wildman–Crippen MR) is 140 cm³/mol. The van der Waals surface area contributed by atoms with Gasteiger partial charge in [-0.2, -0.15) is 4.98 Å². The van der Waals surface area contributed by atoms with Gasteiger partial charge in [-0.25, -0.2) is 9.78 Å². The zero-order valence-electron chi connectivity index (χ0n) is 21.0. The zero-order chi connectivity index (χ0) is 27.6. The average Bonchev–Trinajstić information content (AvgIpc) is 3.22. The van der Waals surface area contributed by atoms with Crippen LogP contribution in [0.1, 0.15) is 36.8 Å². The van der Waals surface area contributed by atoms with Gasteiger partial charge in [0.15, 0.2) is 5.65 Å². The van der Waals surface area contributed by atoms with Crippen molar-refractivity contribution in [2.24, 2.45) is 11.7 Å². The maximum atomic E-state index is 13.2. The molecule has 1 saturated carbocycles. The van der Waals surface area contributed by atoms with Crippen LogP contribution in [0.4, 0.5) is 19.1 Å². The summed E-state index contributed by atoms with van der Waals surface area (Å²) in [6, 6.07) is 11.7. The highest BCUT2D eigenvalue weighted by Gasteiger charge is 2.32. The van der Waals surface area contributed by atoms with E-state index < -0.39 is 17.8 Å². The number of nitrogens with zero attached hydrogens (tertiary/aromatic N) is 3. The highest BCUT2D eigenvalue weighted by molar-refractivity contribution is 5.71. The summed E-state index contributed by atoms with van der Waals surface area (Å²) >= 11 is 0. The number of alkyl halides is 3. The molecule has 0 bridgehead atoms. The molecule has 2 aromatic heterocycles. The minimum Gasteiger partial charge on any atom is -0.405 e. The van der Waals surface area contributed by atoms with Crippen molar-refractivity contribution in [3.8, 4) is 16.9 Å². The van der Waals surface area contributed by atoms with E-state index in [1.807, 2.05) is 24.3 Å². The van der Waals surface area contributed by atoms with Crippen LogP contribution in [-0.2, 0) is 13.1 Å². The summed E-state index contributed by atoms with van der Waals surface area (Å²) < 4.78 is 45.2. The number of ether oxygens (including phenoxy) is 1. The van der Waals surface area contributed by atoms with Crippen LogP contribution in [0.3, 0.4) is 0 Å². The van der Waals surface area contributed by atoms with Crippen molar-refractivity contribution >= 4 is 17.1 Å². The van der Waals surface area contributed by atoms with Crippen LogP contribution in [0.25, 0.3) is 22.3 Å². The molecule has 39 heavy (non-hydrogen) atoms. The van der Waals surface area contributed by atoms with Crippen LogP contribution in [0.2, 0.25) is 0 Å². The number of hydrogen-bond acceptors (Lipinski definition) is 7. The first kappa shape index (κ1) is 26.7. The maximum Gasteiger partial charge on any atom is 0.573 e. The third-order valence-electron chi connectivity index (χ3n) is 6.99. The van der Waals surface area contributed by atoms with Gasteiger partial charge in [-0.05, 0) is 66.5 Å². The molecule has 0 spiro atoms. The molecule has 0 unspecified atom stereocenters. The standard InChI is InChI=1S/C27H29F3N6O3/c28-27(29,30)39-23-9-6-19(18-3-1-2-17(10-18)12-31)11-20(23)15-36-24-22(34-26(36)38)14-33-25(35-24)32-13-16-4-7-21(37)8-5-16/h1-3,6,9-11,14,16,21,37H,4-5,7-8,12-13,15,31H2,(H,34,38)(H,32,33,35). The van der Waals surface area contributed by atoms with Crippen LogP contribution < -0.4 is 21.5 Å². The molecule has 2 aromatic carbocycles. The molecule has 12 heteroatoms. The molecule has 0 aliphatic heterocycles. The van der Waals surface area contributed by atoms with Crippen LogP contribution in [0.15, 0.2) is 53.5 Å². The first-order valence-corrected chi connectivity index (χ1v) is 12.7. The lowest BCUT2D eigenvalue weighted by molar-refractivity contribution is -0.274. The van der Waals surface area contributed by atoms with Crippen LogP contribution in [0, 0.1) is 5.92 Å². The Morgan fingerprint density at radius 3 is 2.64 bits per heavy atom. The number of benzene rings is 2. The van der Waals surface area contributed by atoms with Crippen LogP contribution in [0.5, 0.6) is 5.75 Å². The molecule has 0 amide bonds. The number of nitrogens with two attached hydrogens (primary N) is 1. The van der Waals surface area contributed by atoms with E-state index in [0.717, 1.165) is 36.8 Å². The van der Waals surface area contributed by atoms with Crippen molar-refractivity contribution < 1.29 is 23.0 Å². The zero-order valence-corrected chi connectivity index (χ0v) is 21.0. The van der Waals surface area contributed by atoms with E-state index in [1.54, 1.807) is 6.07 Å². The second-order valence-corrected chi connectivity index (χ2v) is 9.78. The Morgan fingerprint density at radius 1 is 1.13 bits per heavy atom. The lowest BCUT2D eigenvalue weighted by atomic mass is 9.87. The Morgan fingerprint density at radius 2 is 1.90 bits per heavy atom. The Hall–Kier alpha value is -3.90. The van der Waals surface area contributed by atoms with Crippen molar-refractivity contribution in [2.45, 2.75) is 51.2 Å². The average molecular weight is 543 g/mol. The van der Waals surface area contributed by atoms with Crippen molar-refractivity contribution in [1.29, 1.82) is 0 Å². The van der Waals surface area contributed by atoms with Gasteiger partial charge in [-0.1, -0.05) is 24.3 Å². The van der Waals surface area contributed by atoms with Gasteiger partial charge in [0, 0.05) is 18.7 Å². The smallest absolute Gasteiger partial charge is 0.405 e. The fourth-order valence-electron chi connectivity index (χ4n) is 4.92. The minimum absolute atomic E-state index is 0.153. The van der Waals surface area contributed by atoms with E-state index in [4.69, 9.17) is 5.73 Å². The molecule has 0 atom stereocenters. The van der Waals surface area contributed by atoms with E-state index in [2.05, 4.69) is 25.0 Å². The Bertz CT molecular complexity index is 1510. The Kier molecular flexibility index (Phi) is 7.58. The number of aromatic amines is 1. The van der Waals surface area contributed by atoms with E-state index in [0.29, 0.717) is 36.0 Å². The summed E-state index contributed by atoms with van der Waals surface area (Å²) in [6.07, 6.45) is -0.416. The number of nitrogens with one attached hydrogen (secondary N) is 2. The summed E-state index contributed by atoms with van der Waals surface area (Å²) in [5.74, 6) is 0.263. The summed E-state index contributed by atoms with van der Waals surface area (Å²) in [4.78, 5) is 24.3. The van der Waals surface area contributed by atoms with Crippen molar-refractivity contribution in [2.75, 3.05) is 11.9 Å². The maximum absolute atomic E-state index is 13.2. The number of fused-ring (bicyclic) bond motifs is 1. The van der Waals surface area contributed by atoms with Gasteiger partial charge in [-0.3, -0.25) is 4.57 Å². The molecule has 9 nitrogen and oxygen atoms in total. The number of aliphatic hydroxyl groups excluding tert-OH is 1. The van der Waals surface area contributed by atoms with Gasteiger partial charge in [0.1, 0.15) is 11.3 Å². The molecule has 0 saturated heterocycles. The number of rotatable bonds is 8. The highest BCUT2D eigenvalue weighted by atomic mass is 19.4. The second kappa shape index (κ2) is 11.1. The van der Waals surface area contributed by atoms with Gasteiger partial charge >= 0.3 is 12.1 Å².